The van der Waals surface area contributed by atoms with E-state index in [2.05, 4.69) is 17.1 Å². The van der Waals surface area contributed by atoms with E-state index >= 15 is 0 Å². The van der Waals surface area contributed by atoms with Crippen LogP contribution in [0.3, 0.4) is 0 Å². The van der Waals surface area contributed by atoms with Gasteiger partial charge in [0.1, 0.15) is 0 Å². The number of likely N-dealkylation sites (tertiary alicyclic amines) is 1. The molecule has 18 heavy (non-hydrogen) atoms. The Morgan fingerprint density at radius 1 is 1.11 bits per heavy atom. The molecular weight excluding hydrogens is 224 g/mol. The van der Waals surface area contributed by atoms with Crippen molar-refractivity contribution in [2.24, 2.45) is 29.6 Å². The predicted molar refractivity (Wildman–Crippen MR) is 70.0 cm³/mol. The molecule has 2 aliphatic heterocycles. The van der Waals surface area contributed by atoms with Gasteiger partial charge in [-0.25, -0.2) is 0 Å². The van der Waals surface area contributed by atoms with Gasteiger partial charge in [0.05, 0.1) is 0 Å². The molecule has 2 aliphatic carbocycles. The first-order valence-electron chi connectivity index (χ1n) is 7.78. The molecule has 2 saturated carbocycles. The van der Waals surface area contributed by atoms with Crippen molar-refractivity contribution in [3.05, 3.63) is 0 Å². The van der Waals surface area contributed by atoms with Crippen LogP contribution in [0.25, 0.3) is 0 Å². The lowest BCUT2D eigenvalue weighted by atomic mass is 9.95. The molecule has 100 valence electrons. The number of fused-ring (bicyclic) bond motifs is 2. The van der Waals surface area contributed by atoms with E-state index in [1.807, 2.05) is 0 Å². The molecule has 0 spiro atoms. The molecule has 2 heterocycles. The summed E-state index contributed by atoms with van der Waals surface area (Å²) in [4.78, 5) is 15.0. The third-order valence-electron chi connectivity index (χ3n) is 6.16. The molecule has 4 fully saturated rings. The fraction of sp³-hybridized carbons (Fsp3) is 0.933. The van der Waals surface area contributed by atoms with Gasteiger partial charge < -0.3 is 10.2 Å². The molecule has 0 aromatic carbocycles. The lowest BCUT2D eigenvalue weighted by Crippen LogP contribution is -2.39. The SMILES string of the molecule is CC1C2CNCC2CN1C(=O)C1C2CCCCC21. The molecule has 5 atom stereocenters. The zero-order chi connectivity index (χ0) is 12.3. The topological polar surface area (TPSA) is 32.3 Å². The normalized spacial score (nSPS) is 49.9. The van der Waals surface area contributed by atoms with Gasteiger partial charge in [0.25, 0.3) is 0 Å². The molecule has 0 radical (unpaired) electrons. The predicted octanol–water partition coefficient (Wildman–Crippen LogP) is 1.49. The van der Waals surface area contributed by atoms with Crippen molar-refractivity contribution >= 4 is 5.91 Å². The lowest BCUT2D eigenvalue weighted by Gasteiger charge is -2.25. The van der Waals surface area contributed by atoms with Gasteiger partial charge in [-0.15, -0.1) is 0 Å². The van der Waals surface area contributed by atoms with E-state index in [1.54, 1.807) is 0 Å². The average molecular weight is 248 g/mol. The summed E-state index contributed by atoms with van der Waals surface area (Å²) in [7, 11) is 0. The van der Waals surface area contributed by atoms with E-state index < -0.39 is 0 Å². The molecule has 0 aromatic rings. The highest BCUT2D eigenvalue weighted by Crippen LogP contribution is 2.56. The Balaban J connectivity index is 1.46. The number of rotatable bonds is 1. The van der Waals surface area contributed by atoms with Crippen LogP contribution in [0.5, 0.6) is 0 Å². The van der Waals surface area contributed by atoms with Crippen molar-refractivity contribution in [3.63, 3.8) is 0 Å². The Bertz CT molecular complexity index is 358. The molecular formula is C15H24N2O. The average Bonchev–Trinajstić information content (AvgIpc) is 2.76. The lowest BCUT2D eigenvalue weighted by molar-refractivity contribution is -0.134. The molecule has 2 saturated heterocycles. The van der Waals surface area contributed by atoms with E-state index in [4.69, 9.17) is 0 Å². The molecule has 3 nitrogen and oxygen atoms in total. The minimum absolute atomic E-state index is 0.418. The van der Waals surface area contributed by atoms with Crippen molar-refractivity contribution < 1.29 is 4.79 Å². The van der Waals surface area contributed by atoms with Crippen molar-refractivity contribution in [2.45, 2.75) is 38.6 Å². The van der Waals surface area contributed by atoms with E-state index in [0.717, 1.165) is 43.3 Å². The Kier molecular flexibility index (Phi) is 2.48. The summed E-state index contributed by atoms with van der Waals surface area (Å²) in [6, 6.07) is 0.472. The Morgan fingerprint density at radius 2 is 1.83 bits per heavy atom. The van der Waals surface area contributed by atoms with E-state index in [0.29, 0.717) is 17.9 Å². The fourth-order valence-corrected chi connectivity index (χ4v) is 5.01. The van der Waals surface area contributed by atoms with Gasteiger partial charge in [-0.05, 0) is 43.4 Å². The number of amides is 1. The Labute approximate surface area is 109 Å². The number of hydrogen-bond acceptors (Lipinski definition) is 2. The highest BCUT2D eigenvalue weighted by molar-refractivity contribution is 5.83. The minimum Gasteiger partial charge on any atom is -0.339 e. The quantitative estimate of drug-likeness (QED) is 0.762. The van der Waals surface area contributed by atoms with Crippen LogP contribution in [-0.2, 0) is 4.79 Å². The highest BCUT2D eigenvalue weighted by atomic mass is 16.2. The van der Waals surface area contributed by atoms with Crippen LogP contribution in [0.15, 0.2) is 0 Å². The van der Waals surface area contributed by atoms with Crippen molar-refractivity contribution in [1.82, 2.24) is 10.2 Å². The molecule has 1 N–H and O–H groups in total. The molecule has 5 unspecified atom stereocenters. The van der Waals surface area contributed by atoms with Crippen LogP contribution in [0, 0.1) is 29.6 Å². The Morgan fingerprint density at radius 3 is 2.50 bits per heavy atom. The first-order valence-corrected chi connectivity index (χ1v) is 7.78. The molecule has 3 heteroatoms. The van der Waals surface area contributed by atoms with Crippen LogP contribution in [0.2, 0.25) is 0 Å². The Hall–Kier alpha value is -0.570. The second-order valence-corrected chi connectivity index (χ2v) is 6.95. The zero-order valence-corrected chi connectivity index (χ0v) is 11.3. The van der Waals surface area contributed by atoms with Gasteiger partial charge in [0.15, 0.2) is 0 Å². The first kappa shape index (κ1) is 11.3. The second kappa shape index (κ2) is 3.96. The van der Waals surface area contributed by atoms with Gasteiger partial charge in [0.2, 0.25) is 5.91 Å². The third-order valence-corrected chi connectivity index (χ3v) is 6.16. The van der Waals surface area contributed by atoms with Crippen molar-refractivity contribution in [3.8, 4) is 0 Å². The fourth-order valence-electron chi connectivity index (χ4n) is 5.01. The van der Waals surface area contributed by atoms with Crippen LogP contribution >= 0.6 is 0 Å². The highest BCUT2D eigenvalue weighted by Gasteiger charge is 2.57. The van der Waals surface area contributed by atoms with Gasteiger partial charge in [-0.3, -0.25) is 4.79 Å². The molecule has 4 aliphatic rings. The number of hydrogen-bond donors (Lipinski definition) is 1. The molecule has 1 amide bonds. The molecule has 0 bridgehead atoms. The number of nitrogens with zero attached hydrogens (tertiary/aromatic N) is 1. The van der Waals surface area contributed by atoms with Gasteiger partial charge in [-0.1, -0.05) is 12.8 Å². The summed E-state index contributed by atoms with van der Waals surface area (Å²) in [5.74, 6) is 3.89. The van der Waals surface area contributed by atoms with Gasteiger partial charge >= 0.3 is 0 Å². The monoisotopic (exact) mass is 248 g/mol. The van der Waals surface area contributed by atoms with Crippen LogP contribution in [-0.4, -0.2) is 36.5 Å². The van der Waals surface area contributed by atoms with Gasteiger partial charge in [-0.2, -0.15) is 0 Å². The summed E-state index contributed by atoms with van der Waals surface area (Å²) < 4.78 is 0. The maximum Gasteiger partial charge on any atom is 0.226 e. The third kappa shape index (κ3) is 1.49. The summed E-state index contributed by atoms with van der Waals surface area (Å²) >= 11 is 0. The maximum absolute atomic E-state index is 12.7. The van der Waals surface area contributed by atoms with E-state index in [-0.39, 0.29) is 0 Å². The van der Waals surface area contributed by atoms with Crippen molar-refractivity contribution in [2.75, 3.05) is 19.6 Å². The standard InChI is InChI=1S/C15H24N2O/c1-9-13-7-16-6-10(13)8-17(9)15(18)14-11-4-2-3-5-12(11)14/h9-14,16H,2-8H2,1H3. The van der Waals surface area contributed by atoms with Crippen LogP contribution in [0.4, 0.5) is 0 Å². The van der Waals surface area contributed by atoms with Crippen LogP contribution in [0.1, 0.15) is 32.6 Å². The second-order valence-electron chi connectivity index (χ2n) is 6.95. The molecule has 0 aromatic heterocycles. The molecule has 4 rings (SSSR count). The number of nitrogens with one attached hydrogen (secondary N) is 1. The summed E-state index contributed by atoms with van der Waals surface area (Å²) in [5.41, 5.74) is 0. The summed E-state index contributed by atoms with van der Waals surface area (Å²) in [6.07, 6.45) is 5.35. The van der Waals surface area contributed by atoms with Crippen LogP contribution < -0.4 is 5.32 Å². The first-order chi connectivity index (χ1) is 8.77. The van der Waals surface area contributed by atoms with E-state index in [9.17, 15) is 4.79 Å². The minimum atomic E-state index is 0.418. The maximum atomic E-state index is 12.7. The number of carbonyl (C=O) groups is 1. The summed E-state index contributed by atoms with van der Waals surface area (Å²) in [6.45, 7) is 5.53. The zero-order valence-electron chi connectivity index (χ0n) is 11.3. The van der Waals surface area contributed by atoms with Crippen molar-refractivity contribution in [1.29, 1.82) is 0 Å². The summed E-state index contributed by atoms with van der Waals surface area (Å²) in [5, 5.41) is 3.47. The number of carbonyl (C=O) groups excluding carboxylic acids is 1. The smallest absolute Gasteiger partial charge is 0.226 e. The largest absolute Gasteiger partial charge is 0.339 e. The van der Waals surface area contributed by atoms with Gasteiger partial charge in [0, 0.05) is 31.6 Å². The van der Waals surface area contributed by atoms with E-state index in [1.165, 1.54) is 25.7 Å².